The maximum atomic E-state index is 12.0. The van der Waals surface area contributed by atoms with Crippen LogP contribution in [0.2, 0.25) is 0 Å². The number of amides is 1. The number of carbonyl (C=O) groups excluding carboxylic acids is 1. The van der Waals surface area contributed by atoms with Crippen molar-refractivity contribution in [2.45, 2.75) is 40.2 Å². The van der Waals surface area contributed by atoms with Gasteiger partial charge in [-0.25, -0.2) is 0 Å². The molecular weight excluding hydrogens is 226 g/mol. The van der Waals surface area contributed by atoms with E-state index in [1.165, 1.54) is 0 Å². The Balaban J connectivity index is 2.88. The van der Waals surface area contributed by atoms with Gasteiger partial charge in [0.15, 0.2) is 0 Å². The number of aryl methyl sites for hydroxylation is 2. The summed E-state index contributed by atoms with van der Waals surface area (Å²) in [7, 11) is 0. The summed E-state index contributed by atoms with van der Waals surface area (Å²) in [6.07, 6.45) is 0.824. The highest BCUT2D eigenvalue weighted by Crippen LogP contribution is 2.20. The topological polar surface area (TPSA) is 42.2 Å². The van der Waals surface area contributed by atoms with Gasteiger partial charge in [-0.2, -0.15) is 0 Å². The molecule has 0 aliphatic carbocycles. The predicted molar refractivity (Wildman–Crippen MR) is 65.2 cm³/mol. The minimum Gasteiger partial charge on any atom is -0.466 e. The Labute approximate surface area is 101 Å². The van der Waals surface area contributed by atoms with Crippen molar-refractivity contribution in [1.29, 1.82) is 0 Å². The second-order valence-electron chi connectivity index (χ2n) is 3.95. The summed E-state index contributed by atoms with van der Waals surface area (Å²) in [4.78, 5) is 12.0. The van der Waals surface area contributed by atoms with E-state index in [2.05, 4.69) is 5.32 Å². The van der Waals surface area contributed by atoms with Crippen LogP contribution < -0.4 is 5.32 Å². The van der Waals surface area contributed by atoms with Crippen molar-refractivity contribution in [2.75, 3.05) is 5.88 Å². The lowest BCUT2D eigenvalue weighted by Crippen LogP contribution is -2.36. The van der Waals surface area contributed by atoms with E-state index in [-0.39, 0.29) is 11.9 Å². The summed E-state index contributed by atoms with van der Waals surface area (Å²) < 4.78 is 5.42. The molecule has 1 N–H and O–H groups in total. The number of halogens is 1. The molecule has 1 heterocycles. The van der Waals surface area contributed by atoms with Crippen LogP contribution >= 0.6 is 11.6 Å². The molecule has 1 rings (SSSR count). The number of alkyl halides is 1. The summed E-state index contributed by atoms with van der Waals surface area (Å²) in [6, 6.07) is 0.0168. The fraction of sp³-hybridized carbons (Fsp3) is 0.583. The number of rotatable bonds is 4. The maximum Gasteiger partial charge on any atom is 0.255 e. The summed E-state index contributed by atoms with van der Waals surface area (Å²) in [5.74, 6) is 1.79. The quantitative estimate of drug-likeness (QED) is 0.827. The SMILES string of the molecule is CCC(CCl)NC(=O)c1c(C)oc(C)c1C. The van der Waals surface area contributed by atoms with Gasteiger partial charge in [0.05, 0.1) is 5.56 Å². The zero-order valence-corrected chi connectivity index (χ0v) is 10.9. The molecule has 0 saturated heterocycles. The van der Waals surface area contributed by atoms with Crippen LogP contribution in [0.5, 0.6) is 0 Å². The number of hydrogen-bond donors (Lipinski definition) is 1. The molecule has 0 bridgehead atoms. The van der Waals surface area contributed by atoms with E-state index in [0.717, 1.165) is 17.7 Å². The van der Waals surface area contributed by atoms with Crippen LogP contribution in [0.25, 0.3) is 0 Å². The van der Waals surface area contributed by atoms with Crippen molar-refractivity contribution in [3.8, 4) is 0 Å². The van der Waals surface area contributed by atoms with Crippen LogP contribution in [0.4, 0.5) is 0 Å². The van der Waals surface area contributed by atoms with E-state index in [1.54, 1.807) is 6.92 Å². The molecule has 1 aromatic heterocycles. The third kappa shape index (κ3) is 2.59. The fourth-order valence-electron chi connectivity index (χ4n) is 1.63. The monoisotopic (exact) mass is 243 g/mol. The van der Waals surface area contributed by atoms with Gasteiger partial charge in [-0.3, -0.25) is 4.79 Å². The fourth-order valence-corrected chi connectivity index (χ4v) is 1.93. The molecule has 0 aromatic carbocycles. The molecule has 0 spiro atoms. The van der Waals surface area contributed by atoms with Crippen LogP contribution in [-0.2, 0) is 0 Å². The molecule has 0 aliphatic rings. The first-order valence-corrected chi connectivity index (χ1v) is 5.98. The Morgan fingerprint density at radius 2 is 2.00 bits per heavy atom. The standard InChI is InChI=1S/C12H18ClNO2/c1-5-10(6-13)14-12(15)11-7(2)8(3)16-9(11)4/h10H,5-6H2,1-4H3,(H,14,15). The lowest BCUT2D eigenvalue weighted by molar-refractivity contribution is 0.0937. The Bertz CT molecular complexity index is 381. The van der Waals surface area contributed by atoms with E-state index in [4.69, 9.17) is 16.0 Å². The maximum absolute atomic E-state index is 12.0. The molecule has 90 valence electrons. The lowest BCUT2D eigenvalue weighted by atomic mass is 10.1. The summed E-state index contributed by atoms with van der Waals surface area (Å²) in [5.41, 5.74) is 1.54. The van der Waals surface area contributed by atoms with E-state index in [9.17, 15) is 4.79 Å². The van der Waals surface area contributed by atoms with E-state index in [0.29, 0.717) is 17.2 Å². The van der Waals surface area contributed by atoms with Crippen LogP contribution in [0.1, 0.15) is 40.8 Å². The molecule has 1 unspecified atom stereocenters. The van der Waals surface area contributed by atoms with Crippen molar-refractivity contribution in [3.63, 3.8) is 0 Å². The first-order valence-electron chi connectivity index (χ1n) is 5.44. The van der Waals surface area contributed by atoms with Crippen molar-refractivity contribution in [1.82, 2.24) is 5.32 Å². The van der Waals surface area contributed by atoms with Crippen molar-refractivity contribution in [3.05, 3.63) is 22.6 Å². The van der Waals surface area contributed by atoms with Crippen molar-refractivity contribution >= 4 is 17.5 Å². The van der Waals surface area contributed by atoms with E-state index in [1.807, 2.05) is 20.8 Å². The van der Waals surface area contributed by atoms with Gasteiger partial charge in [0, 0.05) is 17.5 Å². The van der Waals surface area contributed by atoms with Crippen LogP contribution in [-0.4, -0.2) is 17.8 Å². The number of furan rings is 1. The minimum atomic E-state index is -0.0978. The largest absolute Gasteiger partial charge is 0.466 e. The molecular formula is C12H18ClNO2. The third-order valence-corrected chi connectivity index (χ3v) is 3.18. The number of hydrogen-bond acceptors (Lipinski definition) is 2. The molecule has 1 amide bonds. The van der Waals surface area contributed by atoms with Gasteiger partial charge in [0.25, 0.3) is 5.91 Å². The first kappa shape index (κ1) is 13.1. The summed E-state index contributed by atoms with van der Waals surface area (Å²) >= 11 is 5.75. The summed E-state index contributed by atoms with van der Waals surface area (Å²) in [6.45, 7) is 7.55. The van der Waals surface area contributed by atoms with Gasteiger partial charge < -0.3 is 9.73 Å². The second kappa shape index (κ2) is 5.39. The van der Waals surface area contributed by atoms with Gasteiger partial charge in [-0.1, -0.05) is 6.92 Å². The Kier molecular flexibility index (Phi) is 4.42. The molecule has 4 heteroatoms. The Morgan fingerprint density at radius 1 is 1.38 bits per heavy atom. The summed E-state index contributed by atoms with van der Waals surface area (Å²) in [5, 5.41) is 2.90. The third-order valence-electron chi connectivity index (χ3n) is 2.80. The molecule has 0 fully saturated rings. The molecule has 1 atom stereocenters. The molecule has 0 radical (unpaired) electrons. The van der Waals surface area contributed by atoms with Crippen molar-refractivity contribution in [2.24, 2.45) is 0 Å². The zero-order valence-electron chi connectivity index (χ0n) is 10.2. The first-order chi connectivity index (χ1) is 7.51. The molecule has 0 aliphatic heterocycles. The molecule has 1 aromatic rings. The van der Waals surface area contributed by atoms with Crippen LogP contribution in [0.15, 0.2) is 4.42 Å². The van der Waals surface area contributed by atoms with Gasteiger partial charge in [0.1, 0.15) is 11.5 Å². The predicted octanol–water partition coefficient (Wildman–Crippen LogP) is 2.95. The van der Waals surface area contributed by atoms with Gasteiger partial charge in [0.2, 0.25) is 0 Å². The second-order valence-corrected chi connectivity index (χ2v) is 4.26. The Hall–Kier alpha value is -0.960. The highest BCUT2D eigenvalue weighted by molar-refractivity contribution is 6.18. The smallest absolute Gasteiger partial charge is 0.255 e. The highest BCUT2D eigenvalue weighted by atomic mass is 35.5. The normalized spacial score (nSPS) is 12.6. The Morgan fingerprint density at radius 3 is 2.38 bits per heavy atom. The van der Waals surface area contributed by atoms with E-state index >= 15 is 0 Å². The minimum absolute atomic E-state index is 0.0168. The highest BCUT2D eigenvalue weighted by Gasteiger charge is 2.20. The molecule has 3 nitrogen and oxygen atoms in total. The average molecular weight is 244 g/mol. The van der Waals surface area contributed by atoms with Crippen LogP contribution in [0, 0.1) is 20.8 Å². The number of nitrogens with one attached hydrogen (secondary N) is 1. The lowest BCUT2D eigenvalue weighted by Gasteiger charge is -2.13. The van der Waals surface area contributed by atoms with Crippen LogP contribution in [0.3, 0.4) is 0 Å². The molecule has 16 heavy (non-hydrogen) atoms. The van der Waals surface area contributed by atoms with Gasteiger partial charge in [-0.05, 0) is 27.2 Å². The van der Waals surface area contributed by atoms with E-state index < -0.39 is 0 Å². The average Bonchev–Trinajstić information content (AvgIpc) is 2.49. The van der Waals surface area contributed by atoms with Crippen molar-refractivity contribution < 1.29 is 9.21 Å². The number of carbonyl (C=O) groups is 1. The zero-order chi connectivity index (χ0) is 12.3. The molecule has 0 saturated carbocycles. The van der Waals surface area contributed by atoms with Gasteiger partial charge >= 0.3 is 0 Å². The van der Waals surface area contributed by atoms with Gasteiger partial charge in [-0.15, -0.1) is 11.6 Å².